The third-order valence-electron chi connectivity index (χ3n) is 12.3. The summed E-state index contributed by atoms with van der Waals surface area (Å²) < 4.78 is 0. The van der Waals surface area contributed by atoms with Crippen LogP contribution in [0.15, 0.2) is 206 Å². The highest BCUT2D eigenvalue weighted by atomic mass is 15.1. The summed E-state index contributed by atoms with van der Waals surface area (Å²) in [7, 11) is 0. The number of hydrogen-bond acceptors (Lipinski definition) is 2. The van der Waals surface area contributed by atoms with E-state index in [0.29, 0.717) is 0 Å². The van der Waals surface area contributed by atoms with Crippen molar-refractivity contribution in [1.29, 1.82) is 0 Å². The quantitative estimate of drug-likeness (QED) is 0.142. The van der Waals surface area contributed by atoms with Gasteiger partial charge in [-0.1, -0.05) is 146 Å². The molecular weight excluding hydrogens is 725 g/mol. The molecule has 0 N–H and O–H groups in total. The molecular formula is C58H44N2. The van der Waals surface area contributed by atoms with Crippen LogP contribution in [-0.4, -0.2) is 0 Å². The lowest BCUT2D eigenvalue weighted by molar-refractivity contribution is 0.986. The number of nitrogens with zero attached hydrogens (tertiary/aromatic N) is 2. The average molecular weight is 769 g/mol. The fraction of sp³-hybridized carbons (Fsp3) is 0.0690. The first kappa shape index (κ1) is 35.7. The first-order valence-corrected chi connectivity index (χ1v) is 21.2. The van der Waals surface area contributed by atoms with Crippen molar-refractivity contribution in [3.8, 4) is 22.3 Å². The van der Waals surface area contributed by atoms with E-state index in [2.05, 4.69) is 228 Å². The van der Waals surface area contributed by atoms with Crippen molar-refractivity contribution in [3.63, 3.8) is 0 Å². The number of aryl methyl sites for hydroxylation is 2. The Morgan fingerprint density at radius 1 is 0.300 bits per heavy atom. The summed E-state index contributed by atoms with van der Waals surface area (Å²) in [6, 6.07) is 71.6. The molecule has 0 bridgehead atoms. The Bertz CT molecular complexity index is 2780. The lowest BCUT2D eigenvalue weighted by Crippen LogP contribution is -2.10. The maximum absolute atomic E-state index is 2.46. The van der Waals surface area contributed by atoms with Crippen molar-refractivity contribution >= 4 is 67.8 Å². The predicted octanol–water partition coefficient (Wildman–Crippen LogP) is 16.2. The molecule has 0 aliphatic heterocycles. The van der Waals surface area contributed by atoms with Gasteiger partial charge in [-0.15, -0.1) is 0 Å². The van der Waals surface area contributed by atoms with Crippen molar-refractivity contribution in [2.24, 2.45) is 0 Å². The third kappa shape index (κ3) is 6.47. The zero-order valence-corrected chi connectivity index (χ0v) is 33.5. The van der Waals surface area contributed by atoms with Crippen molar-refractivity contribution in [2.45, 2.75) is 25.7 Å². The fourth-order valence-corrected chi connectivity index (χ4v) is 9.49. The van der Waals surface area contributed by atoms with Gasteiger partial charge < -0.3 is 9.80 Å². The number of fused-ring (bicyclic) bond motifs is 4. The van der Waals surface area contributed by atoms with Crippen LogP contribution in [0.25, 0.3) is 56.0 Å². The van der Waals surface area contributed by atoms with E-state index < -0.39 is 0 Å². The Kier molecular flexibility index (Phi) is 9.17. The van der Waals surface area contributed by atoms with Crippen LogP contribution in [0.5, 0.6) is 0 Å². The lowest BCUT2D eigenvalue weighted by Gasteiger charge is -2.28. The summed E-state index contributed by atoms with van der Waals surface area (Å²) in [5.41, 5.74) is 17.2. The molecule has 2 heteroatoms. The van der Waals surface area contributed by atoms with Crippen LogP contribution < -0.4 is 9.80 Å². The van der Waals surface area contributed by atoms with Gasteiger partial charge in [0.2, 0.25) is 0 Å². The minimum absolute atomic E-state index is 1.05. The molecule has 0 fully saturated rings. The van der Waals surface area contributed by atoms with Gasteiger partial charge in [0.1, 0.15) is 0 Å². The zero-order chi connectivity index (χ0) is 39.8. The van der Waals surface area contributed by atoms with E-state index >= 15 is 0 Å². The molecule has 0 radical (unpaired) electrons. The zero-order valence-electron chi connectivity index (χ0n) is 33.5. The Morgan fingerprint density at radius 3 is 1.03 bits per heavy atom. The molecule has 2 aliphatic carbocycles. The Hall–Kier alpha value is -7.42. The van der Waals surface area contributed by atoms with Crippen LogP contribution in [0, 0.1) is 0 Å². The van der Waals surface area contributed by atoms with Gasteiger partial charge in [0.05, 0.1) is 0 Å². The first-order valence-electron chi connectivity index (χ1n) is 21.2. The van der Waals surface area contributed by atoms with E-state index in [1.165, 1.54) is 66.1 Å². The smallest absolute Gasteiger partial charge is 0.0468 e. The molecule has 9 aromatic carbocycles. The van der Waals surface area contributed by atoms with E-state index in [1.807, 2.05) is 0 Å². The number of hydrogen-bond donors (Lipinski definition) is 0. The molecule has 9 aromatic rings. The number of anilines is 6. The minimum atomic E-state index is 1.05. The van der Waals surface area contributed by atoms with E-state index in [1.54, 1.807) is 0 Å². The van der Waals surface area contributed by atoms with Crippen LogP contribution in [0.1, 0.15) is 35.1 Å². The van der Waals surface area contributed by atoms with E-state index in [0.717, 1.165) is 59.8 Å². The lowest BCUT2D eigenvalue weighted by atomic mass is 9.83. The Morgan fingerprint density at radius 2 is 0.667 bits per heavy atom. The molecule has 2 aliphatic rings. The highest BCUT2D eigenvalue weighted by Crippen LogP contribution is 2.49. The number of para-hydroxylation sites is 4. The SMILES string of the molecule is C1=Cc2ccc(-c3c4ccc(N(c5ccccc5)c5ccccc5)cc4c(-c4ccc5c(c4)CCC=C5)c4ccc(N(c5ccccc5)c5ccccc5)cc34)cc2CC1. The highest BCUT2D eigenvalue weighted by Gasteiger charge is 2.23. The van der Waals surface area contributed by atoms with Gasteiger partial charge in [-0.3, -0.25) is 0 Å². The van der Waals surface area contributed by atoms with Crippen LogP contribution in [0.4, 0.5) is 34.1 Å². The topological polar surface area (TPSA) is 6.48 Å². The van der Waals surface area contributed by atoms with Crippen LogP contribution in [0.2, 0.25) is 0 Å². The molecule has 0 aromatic heterocycles. The van der Waals surface area contributed by atoms with Crippen molar-refractivity contribution in [2.75, 3.05) is 9.80 Å². The van der Waals surface area contributed by atoms with Crippen molar-refractivity contribution in [1.82, 2.24) is 0 Å². The summed E-state index contributed by atoms with van der Waals surface area (Å²) in [6.07, 6.45) is 13.4. The summed E-state index contributed by atoms with van der Waals surface area (Å²) in [5, 5.41) is 4.97. The molecule has 0 spiro atoms. The van der Waals surface area contributed by atoms with Crippen LogP contribution >= 0.6 is 0 Å². The summed E-state index contributed by atoms with van der Waals surface area (Å²) in [4.78, 5) is 4.77. The third-order valence-corrected chi connectivity index (χ3v) is 12.3. The minimum Gasteiger partial charge on any atom is -0.310 e. The second-order valence-corrected chi connectivity index (χ2v) is 15.9. The molecule has 11 rings (SSSR count). The Labute approximate surface area is 352 Å². The van der Waals surface area contributed by atoms with Crippen LogP contribution in [0.3, 0.4) is 0 Å². The highest BCUT2D eigenvalue weighted by molar-refractivity contribution is 6.22. The number of benzene rings is 9. The van der Waals surface area contributed by atoms with Gasteiger partial charge in [-0.2, -0.15) is 0 Å². The second kappa shape index (κ2) is 15.4. The van der Waals surface area contributed by atoms with E-state index in [4.69, 9.17) is 0 Å². The largest absolute Gasteiger partial charge is 0.310 e. The molecule has 0 atom stereocenters. The second-order valence-electron chi connectivity index (χ2n) is 15.9. The molecule has 0 heterocycles. The molecule has 286 valence electrons. The van der Waals surface area contributed by atoms with Gasteiger partial charge in [-0.25, -0.2) is 0 Å². The first-order chi connectivity index (χ1) is 29.8. The molecule has 0 saturated carbocycles. The van der Waals surface area contributed by atoms with E-state index in [-0.39, 0.29) is 0 Å². The number of allylic oxidation sites excluding steroid dienone is 2. The Balaban J connectivity index is 1.25. The van der Waals surface area contributed by atoms with Gasteiger partial charge in [0.15, 0.2) is 0 Å². The molecule has 0 amide bonds. The molecule has 0 saturated heterocycles. The predicted molar refractivity (Wildman–Crippen MR) is 256 cm³/mol. The van der Waals surface area contributed by atoms with E-state index in [9.17, 15) is 0 Å². The molecule has 0 unspecified atom stereocenters. The van der Waals surface area contributed by atoms with Crippen molar-refractivity contribution < 1.29 is 0 Å². The summed E-state index contributed by atoms with van der Waals surface area (Å²) in [6.45, 7) is 0. The van der Waals surface area contributed by atoms with Gasteiger partial charge in [0.25, 0.3) is 0 Å². The van der Waals surface area contributed by atoms with Gasteiger partial charge >= 0.3 is 0 Å². The standard InChI is InChI=1S/C58H44N2/c1-5-21-47(22-6-1)59(48-23-7-2-8-24-48)51-33-35-53-55(39-51)57(45-31-29-41-17-13-15-19-43(41)37-45)54-36-34-52(60(49-25-9-3-10-26-49)50-27-11-4-12-28-50)40-56(54)58(53)46-32-30-42-18-14-16-20-44(42)38-46/h1-14,17-18,21-40H,15-16,19-20H2. The fourth-order valence-electron chi connectivity index (χ4n) is 9.49. The monoisotopic (exact) mass is 768 g/mol. The van der Waals surface area contributed by atoms with Gasteiger partial charge in [-0.05, 0) is 165 Å². The van der Waals surface area contributed by atoms with Crippen LogP contribution in [-0.2, 0) is 12.8 Å². The summed E-state index contributed by atoms with van der Waals surface area (Å²) in [5.74, 6) is 0. The summed E-state index contributed by atoms with van der Waals surface area (Å²) >= 11 is 0. The van der Waals surface area contributed by atoms with Crippen molar-refractivity contribution in [3.05, 3.63) is 229 Å². The average Bonchev–Trinajstić information content (AvgIpc) is 3.32. The molecule has 60 heavy (non-hydrogen) atoms. The molecule has 2 nitrogen and oxygen atoms in total. The normalized spacial score (nSPS) is 12.9. The maximum Gasteiger partial charge on any atom is 0.0468 e. The maximum atomic E-state index is 2.46. The van der Waals surface area contributed by atoms with Gasteiger partial charge in [0, 0.05) is 34.1 Å². The number of rotatable bonds is 8.